The Balaban J connectivity index is 2.93. The Hall–Kier alpha value is -0.170. The van der Waals surface area contributed by atoms with E-state index in [2.05, 4.69) is 48.8 Å². The van der Waals surface area contributed by atoms with Crippen LogP contribution in [-0.2, 0) is 4.79 Å². The van der Waals surface area contributed by atoms with E-state index in [-0.39, 0.29) is 5.91 Å². The summed E-state index contributed by atoms with van der Waals surface area (Å²) in [6, 6.07) is 1.89. The third kappa shape index (κ3) is 2.71. The van der Waals surface area contributed by atoms with Crippen LogP contribution in [0.25, 0.3) is 0 Å². The van der Waals surface area contributed by atoms with Crippen LogP contribution in [0.5, 0.6) is 0 Å². The molecule has 0 bridgehead atoms. The molecule has 0 radical (unpaired) electrons. The van der Waals surface area contributed by atoms with E-state index in [9.17, 15) is 4.79 Å². The largest absolute Gasteiger partial charge is 0.310 e. The Morgan fingerprint density at radius 3 is 2.92 bits per heavy atom. The molecular weight excluding hydrogens is 335 g/mol. The van der Waals surface area contributed by atoms with Crippen molar-refractivity contribution in [2.24, 2.45) is 0 Å². The van der Waals surface area contributed by atoms with E-state index in [0.717, 1.165) is 8.04 Å². The molecule has 0 unspecified atom stereocenters. The van der Waals surface area contributed by atoms with Gasteiger partial charge in [0.2, 0.25) is 5.91 Å². The highest BCUT2D eigenvalue weighted by Gasteiger charge is 2.02. The first kappa shape index (κ1) is 9.91. The van der Waals surface area contributed by atoms with Gasteiger partial charge in [-0.15, -0.1) is 0 Å². The van der Waals surface area contributed by atoms with Crippen molar-refractivity contribution >= 4 is 50.2 Å². The van der Waals surface area contributed by atoms with Crippen LogP contribution in [0.1, 0.15) is 6.92 Å². The molecule has 1 aromatic rings. The molecule has 64 valence electrons. The van der Waals surface area contributed by atoms with Gasteiger partial charge in [-0.2, -0.15) is 0 Å². The van der Waals surface area contributed by atoms with Gasteiger partial charge in [-0.05, 0) is 44.6 Å². The molecule has 1 rings (SSSR count). The Morgan fingerprint density at radius 1 is 1.75 bits per heavy atom. The number of nitrogens with one attached hydrogen (secondary N) is 1. The zero-order valence-corrected chi connectivity index (χ0v) is 10.0. The summed E-state index contributed by atoms with van der Waals surface area (Å²) in [5.74, 6) is 0.494. The highest BCUT2D eigenvalue weighted by Crippen LogP contribution is 2.19. The molecule has 1 N–H and O–H groups in total. The van der Waals surface area contributed by atoms with Crippen molar-refractivity contribution in [3.63, 3.8) is 0 Å². The Labute approximate surface area is 92.2 Å². The van der Waals surface area contributed by atoms with Gasteiger partial charge in [0.25, 0.3) is 0 Å². The zero-order valence-electron chi connectivity index (χ0n) is 6.27. The molecule has 0 atom stereocenters. The number of anilines is 1. The van der Waals surface area contributed by atoms with Crippen LogP contribution in [-0.4, -0.2) is 10.9 Å². The van der Waals surface area contributed by atoms with Gasteiger partial charge in [0.05, 0.1) is 3.57 Å². The van der Waals surface area contributed by atoms with Gasteiger partial charge in [-0.3, -0.25) is 4.79 Å². The van der Waals surface area contributed by atoms with Crippen molar-refractivity contribution in [3.05, 3.63) is 20.3 Å². The van der Waals surface area contributed by atoms with Crippen molar-refractivity contribution in [1.29, 1.82) is 0 Å². The van der Waals surface area contributed by atoms with E-state index in [1.54, 1.807) is 6.20 Å². The molecule has 1 heterocycles. The van der Waals surface area contributed by atoms with E-state index < -0.39 is 0 Å². The molecule has 1 amide bonds. The topological polar surface area (TPSA) is 42.0 Å². The van der Waals surface area contributed by atoms with Crippen LogP contribution < -0.4 is 5.32 Å². The summed E-state index contributed by atoms with van der Waals surface area (Å²) in [6.45, 7) is 1.46. The van der Waals surface area contributed by atoms with Gasteiger partial charge >= 0.3 is 0 Å². The molecule has 0 saturated heterocycles. The minimum absolute atomic E-state index is 0.109. The van der Waals surface area contributed by atoms with Gasteiger partial charge in [-0.1, -0.05) is 0 Å². The maximum Gasteiger partial charge on any atom is 0.222 e. The highest BCUT2D eigenvalue weighted by atomic mass is 127. The molecule has 0 aliphatic rings. The number of nitrogens with zero attached hydrogens (tertiary/aromatic N) is 1. The smallest absolute Gasteiger partial charge is 0.222 e. The van der Waals surface area contributed by atoms with Crippen molar-refractivity contribution in [3.8, 4) is 0 Å². The number of carbonyl (C=O) groups excluding carboxylic acids is 1. The lowest BCUT2D eigenvalue weighted by molar-refractivity contribution is -0.114. The second-order valence-corrected chi connectivity index (χ2v) is 4.24. The predicted molar refractivity (Wildman–Crippen MR) is 59.0 cm³/mol. The Bertz CT molecular complexity index is 316. The highest BCUT2D eigenvalue weighted by molar-refractivity contribution is 14.1. The molecular formula is C7H6BrIN2O. The fraction of sp³-hybridized carbons (Fsp3) is 0.143. The number of hydrogen-bond acceptors (Lipinski definition) is 2. The molecule has 12 heavy (non-hydrogen) atoms. The van der Waals surface area contributed by atoms with Gasteiger partial charge < -0.3 is 5.32 Å². The lowest BCUT2D eigenvalue weighted by Crippen LogP contribution is -2.08. The lowest BCUT2D eigenvalue weighted by atomic mass is 10.4. The van der Waals surface area contributed by atoms with E-state index in [4.69, 9.17) is 0 Å². The molecule has 0 aromatic carbocycles. The zero-order chi connectivity index (χ0) is 9.14. The lowest BCUT2D eigenvalue weighted by Gasteiger charge is -2.02. The molecule has 0 saturated carbocycles. The van der Waals surface area contributed by atoms with Crippen molar-refractivity contribution in [2.75, 3.05) is 5.32 Å². The summed E-state index contributed by atoms with van der Waals surface area (Å²) in [5, 5.41) is 2.62. The number of halogens is 2. The molecule has 0 aliphatic carbocycles. The molecule has 0 aliphatic heterocycles. The first-order valence-corrected chi connectivity index (χ1v) is 5.05. The molecule has 1 aromatic heterocycles. The third-order valence-electron chi connectivity index (χ3n) is 1.10. The number of aromatic nitrogens is 1. The number of hydrogen-bond donors (Lipinski definition) is 1. The minimum Gasteiger partial charge on any atom is -0.310 e. The minimum atomic E-state index is -0.109. The monoisotopic (exact) mass is 340 g/mol. The number of amides is 1. The fourth-order valence-corrected chi connectivity index (χ4v) is 2.04. The maximum absolute atomic E-state index is 10.7. The average molecular weight is 341 g/mol. The van der Waals surface area contributed by atoms with Gasteiger partial charge in [-0.25, -0.2) is 4.98 Å². The van der Waals surface area contributed by atoms with Crippen LogP contribution >= 0.6 is 38.5 Å². The van der Waals surface area contributed by atoms with Crippen LogP contribution in [0.15, 0.2) is 16.7 Å². The number of rotatable bonds is 1. The standard InChI is InChI=1S/C7H6BrIN2O/c1-4(12)11-7-6(9)2-5(8)3-10-7/h2-3H,1H3,(H,10,11,12). The summed E-state index contributed by atoms with van der Waals surface area (Å²) in [4.78, 5) is 14.7. The Morgan fingerprint density at radius 2 is 2.42 bits per heavy atom. The summed E-state index contributed by atoms with van der Waals surface area (Å²) in [6.07, 6.45) is 1.65. The quantitative estimate of drug-likeness (QED) is 0.798. The molecule has 0 fully saturated rings. The Kier molecular flexibility index (Phi) is 3.45. The van der Waals surface area contributed by atoms with Gasteiger partial charge in [0.15, 0.2) is 0 Å². The summed E-state index contributed by atoms with van der Waals surface area (Å²) in [5.41, 5.74) is 0. The first-order valence-electron chi connectivity index (χ1n) is 3.18. The first-order chi connectivity index (χ1) is 5.59. The average Bonchev–Trinajstić information content (AvgIpc) is 1.94. The maximum atomic E-state index is 10.7. The van der Waals surface area contributed by atoms with Crippen LogP contribution in [0.2, 0.25) is 0 Å². The van der Waals surface area contributed by atoms with E-state index >= 15 is 0 Å². The van der Waals surface area contributed by atoms with E-state index in [1.807, 2.05) is 6.07 Å². The van der Waals surface area contributed by atoms with Crippen molar-refractivity contribution in [2.45, 2.75) is 6.92 Å². The number of carbonyl (C=O) groups is 1. The molecule has 5 heteroatoms. The second kappa shape index (κ2) is 4.18. The van der Waals surface area contributed by atoms with Crippen LogP contribution in [0.3, 0.4) is 0 Å². The SMILES string of the molecule is CC(=O)Nc1ncc(Br)cc1I. The van der Waals surface area contributed by atoms with Gasteiger partial charge in [0, 0.05) is 17.6 Å². The predicted octanol–water partition coefficient (Wildman–Crippen LogP) is 2.41. The third-order valence-corrected chi connectivity index (χ3v) is 2.36. The van der Waals surface area contributed by atoms with E-state index in [0.29, 0.717) is 5.82 Å². The fourth-order valence-electron chi connectivity index (χ4n) is 0.673. The summed E-state index contributed by atoms with van der Waals surface area (Å²) in [7, 11) is 0. The summed E-state index contributed by atoms with van der Waals surface area (Å²) < 4.78 is 1.82. The van der Waals surface area contributed by atoms with Crippen molar-refractivity contribution < 1.29 is 4.79 Å². The molecule has 3 nitrogen and oxygen atoms in total. The normalized spacial score (nSPS) is 9.58. The van der Waals surface area contributed by atoms with Gasteiger partial charge in [0.1, 0.15) is 5.82 Å². The molecule has 0 spiro atoms. The van der Waals surface area contributed by atoms with Crippen LogP contribution in [0.4, 0.5) is 5.82 Å². The van der Waals surface area contributed by atoms with E-state index in [1.165, 1.54) is 6.92 Å². The summed E-state index contributed by atoms with van der Waals surface area (Å²) >= 11 is 5.39. The van der Waals surface area contributed by atoms with Crippen LogP contribution in [0, 0.1) is 3.57 Å². The second-order valence-electron chi connectivity index (χ2n) is 2.17. The number of pyridine rings is 1. The van der Waals surface area contributed by atoms with Crippen molar-refractivity contribution in [1.82, 2.24) is 4.98 Å².